The lowest BCUT2D eigenvalue weighted by Gasteiger charge is -2.45. The summed E-state index contributed by atoms with van der Waals surface area (Å²) in [5.74, 6) is 0. The molecular weight excluding hydrogens is 448 g/mol. The van der Waals surface area contributed by atoms with Gasteiger partial charge in [-0.25, -0.2) is 0 Å². The van der Waals surface area contributed by atoms with Crippen LogP contribution in [0.2, 0.25) is 0 Å². The number of benzene rings is 3. The number of hydrogen-bond donors (Lipinski definition) is 1. The van der Waals surface area contributed by atoms with Crippen molar-refractivity contribution in [2.45, 2.75) is 49.7 Å². The van der Waals surface area contributed by atoms with E-state index in [4.69, 9.17) is 18.9 Å². The van der Waals surface area contributed by atoms with E-state index in [0.717, 1.165) is 16.7 Å². The van der Waals surface area contributed by atoms with Crippen molar-refractivity contribution in [3.8, 4) is 0 Å². The van der Waals surface area contributed by atoms with E-state index in [0.29, 0.717) is 19.8 Å². The fraction of sp³-hybridized carbons (Fsp3) is 0.357. The highest BCUT2D eigenvalue weighted by Gasteiger charge is 2.47. The van der Waals surface area contributed by atoms with Crippen LogP contribution >= 0.6 is 11.8 Å². The Morgan fingerprint density at radius 2 is 1.06 bits per heavy atom. The Labute approximate surface area is 206 Å². The van der Waals surface area contributed by atoms with Gasteiger partial charge in [0.1, 0.15) is 29.9 Å². The molecule has 4 rings (SSSR count). The van der Waals surface area contributed by atoms with Crippen LogP contribution in [0.4, 0.5) is 0 Å². The summed E-state index contributed by atoms with van der Waals surface area (Å²) in [6.45, 7) is 1.09. The smallest absolute Gasteiger partial charge is 0.132 e. The molecule has 5 nitrogen and oxygen atoms in total. The molecule has 1 heterocycles. The van der Waals surface area contributed by atoms with Gasteiger partial charge in [-0.1, -0.05) is 91.0 Å². The molecule has 0 bridgehead atoms. The van der Waals surface area contributed by atoms with Crippen molar-refractivity contribution in [2.24, 2.45) is 0 Å². The molecule has 0 radical (unpaired) electrons. The van der Waals surface area contributed by atoms with Gasteiger partial charge < -0.3 is 24.1 Å². The maximum absolute atomic E-state index is 10.2. The summed E-state index contributed by atoms with van der Waals surface area (Å²) in [7, 11) is 0. The summed E-state index contributed by atoms with van der Waals surface area (Å²) in [4.78, 5) is 0. The van der Waals surface area contributed by atoms with Gasteiger partial charge in [-0.3, -0.25) is 0 Å². The summed E-state index contributed by atoms with van der Waals surface area (Å²) in [6.07, 6.45) is 0.187. The van der Waals surface area contributed by atoms with Crippen LogP contribution in [0.5, 0.6) is 0 Å². The minimum absolute atomic E-state index is 0.160. The van der Waals surface area contributed by atoms with Gasteiger partial charge in [0, 0.05) is 0 Å². The monoisotopic (exact) mass is 480 g/mol. The van der Waals surface area contributed by atoms with Gasteiger partial charge >= 0.3 is 0 Å². The van der Waals surface area contributed by atoms with E-state index in [9.17, 15) is 5.11 Å². The fourth-order valence-electron chi connectivity index (χ4n) is 4.08. The molecule has 3 aromatic carbocycles. The molecule has 0 aliphatic carbocycles. The molecule has 0 unspecified atom stereocenters. The Morgan fingerprint density at radius 1 is 0.647 bits per heavy atom. The normalized spacial score (nSPS) is 24.7. The lowest BCUT2D eigenvalue weighted by atomic mass is 9.99. The lowest BCUT2D eigenvalue weighted by molar-refractivity contribution is -0.251. The van der Waals surface area contributed by atoms with Gasteiger partial charge in [0.05, 0.1) is 26.4 Å². The fourth-order valence-corrected chi connectivity index (χ4v) is 4.84. The molecule has 5 atom stereocenters. The van der Waals surface area contributed by atoms with E-state index in [-0.39, 0.29) is 18.1 Å². The van der Waals surface area contributed by atoms with E-state index in [1.165, 1.54) is 0 Å². The van der Waals surface area contributed by atoms with Gasteiger partial charge in [0.2, 0.25) is 0 Å². The lowest BCUT2D eigenvalue weighted by Crippen LogP contribution is -2.60. The molecule has 0 spiro atoms. The molecule has 1 aliphatic heterocycles. The molecule has 0 aromatic heterocycles. The van der Waals surface area contributed by atoms with E-state index >= 15 is 0 Å². The number of ether oxygens (including phenoxy) is 4. The molecule has 34 heavy (non-hydrogen) atoms. The van der Waals surface area contributed by atoms with E-state index in [2.05, 4.69) is 0 Å². The van der Waals surface area contributed by atoms with Crippen molar-refractivity contribution in [2.75, 3.05) is 12.9 Å². The third-order valence-electron chi connectivity index (χ3n) is 5.86. The van der Waals surface area contributed by atoms with Crippen LogP contribution < -0.4 is 0 Å². The van der Waals surface area contributed by atoms with Gasteiger partial charge in [-0.2, -0.15) is 0 Å². The molecule has 1 saturated heterocycles. The third-order valence-corrected chi connectivity index (χ3v) is 6.70. The van der Waals surface area contributed by atoms with E-state index in [1.54, 1.807) is 11.8 Å². The summed E-state index contributed by atoms with van der Waals surface area (Å²) >= 11 is 1.56. The summed E-state index contributed by atoms with van der Waals surface area (Å²) in [5, 5.41) is 10.2. The van der Waals surface area contributed by atoms with Crippen molar-refractivity contribution in [3.63, 3.8) is 0 Å². The predicted molar refractivity (Wildman–Crippen MR) is 134 cm³/mol. The van der Waals surface area contributed by atoms with Crippen LogP contribution in [0.1, 0.15) is 16.7 Å². The highest BCUT2D eigenvalue weighted by molar-refractivity contribution is 7.99. The van der Waals surface area contributed by atoms with Crippen LogP contribution in [0, 0.1) is 0 Å². The number of aliphatic hydroxyl groups is 1. The Balaban J connectivity index is 1.56. The molecule has 3 aromatic rings. The van der Waals surface area contributed by atoms with Gasteiger partial charge in [-0.05, 0) is 22.9 Å². The third kappa shape index (κ3) is 6.69. The zero-order valence-corrected chi connectivity index (χ0v) is 20.2. The van der Waals surface area contributed by atoms with E-state index < -0.39 is 18.3 Å². The molecule has 0 amide bonds. The maximum atomic E-state index is 10.2. The van der Waals surface area contributed by atoms with Gasteiger partial charge in [0.15, 0.2) is 0 Å². The first-order chi connectivity index (χ1) is 16.8. The van der Waals surface area contributed by atoms with Crippen molar-refractivity contribution < 1.29 is 24.1 Å². The molecule has 1 N–H and O–H groups in total. The van der Waals surface area contributed by atoms with Crippen LogP contribution in [0.15, 0.2) is 91.0 Å². The second-order valence-corrected chi connectivity index (χ2v) is 9.18. The number of hydrogen-bond acceptors (Lipinski definition) is 6. The second kappa shape index (κ2) is 13.0. The van der Waals surface area contributed by atoms with Crippen molar-refractivity contribution in [1.82, 2.24) is 0 Å². The number of thioether (sulfide) groups is 1. The van der Waals surface area contributed by atoms with Crippen molar-refractivity contribution in [1.29, 1.82) is 0 Å². The standard InChI is InChI=1S/C28H32O5S/c1-34-28-27(32-20-23-15-9-4-10-16-23)26(31-19-22-13-7-3-8-14-22)25(24(17-29)33-28)30-18-21-11-5-2-6-12-21/h2-16,24-29H,17-20H2,1H3/t24-,25-,26+,27-,28-/m1/s1. The van der Waals surface area contributed by atoms with Crippen LogP contribution in [-0.4, -0.2) is 47.8 Å². The summed E-state index contributed by atoms with van der Waals surface area (Å²) in [5.41, 5.74) is 2.90. The largest absolute Gasteiger partial charge is 0.394 e. The Kier molecular flexibility index (Phi) is 9.56. The molecule has 180 valence electrons. The minimum atomic E-state index is -0.515. The van der Waals surface area contributed by atoms with Crippen LogP contribution in [0.3, 0.4) is 0 Å². The minimum Gasteiger partial charge on any atom is -0.394 e. The number of rotatable bonds is 11. The average Bonchev–Trinajstić information content (AvgIpc) is 2.91. The maximum Gasteiger partial charge on any atom is 0.132 e. The Morgan fingerprint density at radius 3 is 1.47 bits per heavy atom. The highest BCUT2D eigenvalue weighted by Crippen LogP contribution is 2.34. The SMILES string of the molecule is CS[C@H]1O[C@H](CO)[C@@H](OCc2ccccc2)[C@H](OCc2ccccc2)[C@H]1OCc1ccccc1. The first-order valence-corrected chi connectivity index (χ1v) is 12.8. The zero-order valence-electron chi connectivity index (χ0n) is 19.4. The Hall–Kier alpha value is -2.19. The quantitative estimate of drug-likeness (QED) is 0.425. The van der Waals surface area contributed by atoms with Crippen LogP contribution in [0.25, 0.3) is 0 Å². The number of aliphatic hydroxyl groups excluding tert-OH is 1. The van der Waals surface area contributed by atoms with Gasteiger partial charge in [0.25, 0.3) is 0 Å². The second-order valence-electron chi connectivity index (χ2n) is 8.24. The predicted octanol–water partition coefficient (Wildman–Crippen LogP) is 4.82. The van der Waals surface area contributed by atoms with E-state index in [1.807, 2.05) is 97.3 Å². The first-order valence-electron chi connectivity index (χ1n) is 11.5. The molecule has 1 aliphatic rings. The molecule has 1 fully saturated rings. The van der Waals surface area contributed by atoms with Gasteiger partial charge in [-0.15, -0.1) is 11.8 Å². The zero-order chi connectivity index (χ0) is 23.6. The van der Waals surface area contributed by atoms with Crippen LogP contribution in [-0.2, 0) is 38.8 Å². The highest BCUT2D eigenvalue weighted by atomic mass is 32.2. The molecule has 6 heteroatoms. The van der Waals surface area contributed by atoms with Crippen molar-refractivity contribution >= 4 is 11.8 Å². The summed E-state index contributed by atoms with van der Waals surface area (Å²) in [6, 6.07) is 30.1. The summed E-state index contributed by atoms with van der Waals surface area (Å²) < 4.78 is 25.5. The van der Waals surface area contributed by atoms with Crippen molar-refractivity contribution in [3.05, 3.63) is 108 Å². The first kappa shape index (κ1) is 24.9. The topological polar surface area (TPSA) is 57.2 Å². The molecule has 0 saturated carbocycles. The Bertz CT molecular complexity index is 899. The molecular formula is C28H32O5S. The average molecular weight is 481 g/mol.